The zero-order valence-electron chi connectivity index (χ0n) is 11.5. The Balaban J connectivity index is 1.88. The molecule has 9 heteroatoms. The van der Waals surface area contributed by atoms with Crippen molar-refractivity contribution in [1.82, 2.24) is 19.7 Å². The van der Waals surface area contributed by atoms with Gasteiger partial charge in [0.1, 0.15) is 4.70 Å². The van der Waals surface area contributed by atoms with Crippen molar-refractivity contribution in [2.24, 2.45) is 5.84 Å². The number of hydrogen-bond donors (Lipinski definition) is 2. The van der Waals surface area contributed by atoms with Gasteiger partial charge in [0.2, 0.25) is 0 Å². The summed E-state index contributed by atoms with van der Waals surface area (Å²) < 4.78 is 2.81. The molecule has 3 N–H and O–H groups in total. The second-order valence-corrected chi connectivity index (χ2v) is 5.99. The third-order valence-corrected chi connectivity index (χ3v) is 4.53. The highest BCUT2D eigenvalue weighted by molar-refractivity contribution is 7.16. The second kappa shape index (κ2) is 5.18. The molecule has 7 nitrogen and oxygen atoms in total. The van der Waals surface area contributed by atoms with Crippen molar-refractivity contribution >= 4 is 39.0 Å². The van der Waals surface area contributed by atoms with E-state index < -0.39 is 0 Å². The number of nitrogens with zero attached hydrogens (tertiary/aromatic N) is 4. The topological polar surface area (TPSA) is 92.6 Å². The molecule has 0 atom stereocenters. The number of hydrogen-bond acceptors (Lipinski definition) is 4. The van der Waals surface area contributed by atoms with E-state index in [-0.39, 0.29) is 10.6 Å². The summed E-state index contributed by atoms with van der Waals surface area (Å²) in [5, 5.41) is 7.60. The lowest BCUT2D eigenvalue weighted by Crippen LogP contribution is -2.08. The Labute approximate surface area is 138 Å². The molecule has 4 rings (SSSR count). The van der Waals surface area contributed by atoms with Gasteiger partial charge < -0.3 is 0 Å². The van der Waals surface area contributed by atoms with Crippen molar-refractivity contribution in [3.63, 3.8) is 0 Å². The van der Waals surface area contributed by atoms with Crippen LogP contribution < -0.4 is 5.84 Å². The Kier molecular flexibility index (Phi) is 3.14. The Hall–Kier alpha value is -2.71. The van der Waals surface area contributed by atoms with Crippen LogP contribution in [-0.2, 0) is 0 Å². The van der Waals surface area contributed by atoms with E-state index in [1.54, 1.807) is 12.1 Å². The largest absolute Gasteiger partial charge is 0.298 e. The van der Waals surface area contributed by atoms with E-state index in [9.17, 15) is 4.91 Å². The summed E-state index contributed by atoms with van der Waals surface area (Å²) in [5.41, 5.74) is 5.43. The average Bonchev–Trinajstić information content (AvgIpc) is 3.22. The molecule has 0 amide bonds. The van der Waals surface area contributed by atoms with Gasteiger partial charge in [0.15, 0.2) is 21.8 Å². The van der Waals surface area contributed by atoms with Gasteiger partial charge in [-0.15, -0.1) is 11.3 Å². The van der Waals surface area contributed by atoms with Crippen molar-refractivity contribution in [3.05, 3.63) is 52.0 Å². The predicted molar refractivity (Wildman–Crippen MR) is 87.8 cm³/mol. The molecule has 3 heterocycles. The first kappa shape index (κ1) is 13.9. The minimum Gasteiger partial charge on any atom is -0.298 e. The van der Waals surface area contributed by atoms with E-state index in [1.165, 1.54) is 17.4 Å². The number of hydrazine groups is 1. The molecule has 0 aliphatic rings. The number of nitrogens with one attached hydrogen (secondary N) is 1. The highest BCUT2D eigenvalue weighted by Gasteiger charge is 2.18. The van der Waals surface area contributed by atoms with Gasteiger partial charge in [-0.2, -0.15) is 10.9 Å². The Morgan fingerprint density at radius 2 is 2.26 bits per heavy atom. The van der Waals surface area contributed by atoms with Crippen molar-refractivity contribution in [1.29, 1.82) is 0 Å². The van der Waals surface area contributed by atoms with Gasteiger partial charge in [-0.05, 0) is 18.2 Å². The molecule has 4 aromatic rings. The number of aromatic amines is 1. The minimum atomic E-state index is 0.277. The molecular weight excluding hydrogens is 336 g/mol. The van der Waals surface area contributed by atoms with Crippen LogP contribution in [0.4, 0.5) is 5.69 Å². The number of rotatable bonds is 3. The fourth-order valence-corrected chi connectivity index (χ4v) is 3.32. The summed E-state index contributed by atoms with van der Waals surface area (Å²) in [4.78, 5) is 15.5. The van der Waals surface area contributed by atoms with Crippen LogP contribution in [0.2, 0.25) is 5.02 Å². The van der Waals surface area contributed by atoms with Gasteiger partial charge in [0, 0.05) is 23.9 Å². The van der Waals surface area contributed by atoms with Gasteiger partial charge in [-0.1, -0.05) is 11.6 Å². The summed E-state index contributed by atoms with van der Waals surface area (Å²) in [6.07, 6.45) is 1.89. The lowest BCUT2D eigenvalue weighted by Gasteiger charge is -2.08. The van der Waals surface area contributed by atoms with Crippen molar-refractivity contribution < 1.29 is 4.87 Å². The molecule has 1 aromatic carbocycles. The van der Waals surface area contributed by atoms with Crippen LogP contribution in [0.3, 0.4) is 0 Å². The van der Waals surface area contributed by atoms with Crippen LogP contribution in [-0.4, -0.2) is 24.6 Å². The second-order valence-electron chi connectivity index (χ2n) is 4.78. The van der Waals surface area contributed by atoms with Crippen molar-refractivity contribution in [2.45, 2.75) is 0 Å². The van der Waals surface area contributed by atoms with Crippen LogP contribution in [0.5, 0.6) is 0 Å². The van der Waals surface area contributed by atoms with Crippen LogP contribution >= 0.6 is 22.9 Å². The Bertz CT molecular complexity index is 1030. The number of benzene rings is 1. The third kappa shape index (κ3) is 2.19. The number of nitroso groups, excluding NO2 is 1. The molecule has 113 valence electrons. The first-order valence-electron chi connectivity index (χ1n) is 6.55. The molecule has 0 saturated heterocycles. The summed E-state index contributed by atoms with van der Waals surface area (Å²) in [6.45, 7) is 0. The smallest absolute Gasteiger partial charge is 0.293 e. The quantitative estimate of drug-likeness (QED) is 0.339. The molecule has 0 spiro atoms. The van der Waals surface area contributed by atoms with Crippen molar-refractivity contribution in [3.8, 4) is 17.1 Å². The molecule has 0 fully saturated rings. The number of fused-ring (bicyclic) bond motifs is 1. The molecule has 0 aliphatic carbocycles. The molecule has 1 radical (unpaired) electrons. The zero-order valence-corrected chi connectivity index (χ0v) is 13.1. The summed E-state index contributed by atoms with van der Waals surface area (Å²) >= 11 is 7.70. The maximum atomic E-state index is 11.2. The van der Waals surface area contributed by atoms with E-state index in [1.807, 2.05) is 22.9 Å². The van der Waals surface area contributed by atoms with Gasteiger partial charge in [0.05, 0.1) is 15.6 Å². The number of thiazole rings is 1. The number of halogens is 1. The first-order chi connectivity index (χ1) is 11.1. The van der Waals surface area contributed by atoms with Crippen LogP contribution in [0, 0.1) is 10.4 Å². The SMILES string of the molecule is N[N+](=O)c1ccc(-c2cccn2-c2n[nH]c3n[c]sc23)c(Cl)c1. The third-order valence-electron chi connectivity index (χ3n) is 3.45. The highest BCUT2D eigenvalue weighted by atomic mass is 35.5. The minimum absolute atomic E-state index is 0.277. The number of nitrogens with two attached hydrogens (primary N) is 1. The molecular formula is C14H9ClN6OS+. The molecule has 0 aliphatic heterocycles. The van der Waals surface area contributed by atoms with E-state index in [4.69, 9.17) is 17.4 Å². The molecule has 0 unspecified atom stereocenters. The average molecular weight is 345 g/mol. The van der Waals surface area contributed by atoms with Crippen LogP contribution in [0.1, 0.15) is 0 Å². The molecule has 0 saturated carbocycles. The van der Waals surface area contributed by atoms with E-state index in [0.29, 0.717) is 10.7 Å². The fourth-order valence-electron chi connectivity index (χ4n) is 2.39. The predicted octanol–water partition coefficient (Wildman–Crippen LogP) is 3.21. The Morgan fingerprint density at radius 3 is 3.04 bits per heavy atom. The molecule has 0 bridgehead atoms. The van der Waals surface area contributed by atoms with E-state index >= 15 is 0 Å². The zero-order chi connectivity index (χ0) is 16.0. The summed E-state index contributed by atoms with van der Waals surface area (Å²) in [5.74, 6) is 5.92. The normalized spacial score (nSPS) is 11.2. The standard InChI is InChI=1S/C14H9ClN6OS/c15-10-6-8(21(16)22)3-4-9(10)11-2-1-5-20(11)14-12-13(18-19-14)17-7-23-12/h1-6H,(H2,16,22)(H,18,19)/q+1. The summed E-state index contributed by atoms with van der Waals surface area (Å²) in [7, 11) is 0. The molecule has 23 heavy (non-hydrogen) atoms. The maximum Gasteiger partial charge on any atom is 0.293 e. The molecule has 3 aromatic heterocycles. The van der Waals surface area contributed by atoms with Gasteiger partial charge in [-0.25, -0.2) is 4.98 Å². The number of H-pyrrole nitrogens is 1. The monoisotopic (exact) mass is 344 g/mol. The number of aromatic nitrogens is 4. The lowest BCUT2D eigenvalue weighted by molar-refractivity contribution is -0.474. The van der Waals surface area contributed by atoms with Gasteiger partial charge in [-0.3, -0.25) is 9.67 Å². The highest BCUT2D eigenvalue weighted by Crippen LogP contribution is 2.34. The van der Waals surface area contributed by atoms with Gasteiger partial charge >= 0.3 is 0 Å². The maximum absolute atomic E-state index is 11.2. The Morgan fingerprint density at radius 1 is 1.39 bits per heavy atom. The van der Waals surface area contributed by atoms with E-state index in [2.05, 4.69) is 20.7 Å². The first-order valence-corrected chi connectivity index (χ1v) is 7.75. The van der Waals surface area contributed by atoms with Gasteiger partial charge in [0.25, 0.3) is 5.69 Å². The van der Waals surface area contributed by atoms with E-state index in [0.717, 1.165) is 21.8 Å². The van der Waals surface area contributed by atoms with Crippen molar-refractivity contribution in [2.75, 3.05) is 0 Å². The van der Waals surface area contributed by atoms with Crippen LogP contribution in [0.25, 0.3) is 27.4 Å². The van der Waals surface area contributed by atoms with Crippen LogP contribution in [0.15, 0.2) is 36.5 Å². The lowest BCUT2D eigenvalue weighted by atomic mass is 10.1. The summed E-state index contributed by atoms with van der Waals surface area (Å²) in [6, 6.07) is 8.72. The fraction of sp³-hybridized carbons (Fsp3) is 0.